The molecule has 18 nitrogen and oxygen atoms in total. The van der Waals surface area contributed by atoms with Crippen molar-refractivity contribution in [3.63, 3.8) is 0 Å². The summed E-state index contributed by atoms with van der Waals surface area (Å²) in [7, 11) is -12.0. The number of rotatable bonds is 0. The average molecular weight is 489 g/mol. The molecule has 0 aliphatic carbocycles. The second kappa shape index (κ2) is 20.7. The van der Waals surface area contributed by atoms with E-state index in [1.54, 1.807) is 0 Å². The molecular weight excluding hydrogens is 475 g/mol. The first-order valence-corrected chi connectivity index (χ1v) is 8.77. The van der Waals surface area contributed by atoms with E-state index in [0.717, 1.165) is 0 Å². The molecule has 0 unspecified atom stereocenters. The van der Waals surface area contributed by atoms with E-state index < -0.39 is 40.8 Å². The lowest BCUT2D eigenvalue weighted by molar-refractivity contribution is -0.742. The Hall–Kier alpha value is -1.33. The van der Waals surface area contributed by atoms with Crippen LogP contribution in [0.5, 0.6) is 0 Å². The zero-order chi connectivity index (χ0) is 20.7. The van der Waals surface area contributed by atoms with Crippen molar-refractivity contribution in [2.24, 2.45) is 0 Å². The van der Waals surface area contributed by atoms with Gasteiger partial charge in [-0.05, 0) is 0 Å². The molecule has 6 N–H and O–H groups in total. The van der Waals surface area contributed by atoms with Crippen molar-refractivity contribution in [1.82, 2.24) is 0 Å². The van der Waals surface area contributed by atoms with Crippen molar-refractivity contribution in [1.29, 1.82) is 0 Å². The van der Waals surface area contributed by atoms with E-state index in [1.807, 2.05) is 0 Å². The fraction of sp³-hybridized carbons (Fsp3) is 1.00. The Morgan fingerprint density at radius 1 is 0.640 bits per heavy atom. The molecule has 23 heteroatoms. The van der Waals surface area contributed by atoms with E-state index in [4.69, 9.17) is 57.3 Å². The largest absolute Gasteiger partial charge is 0.394 e. The van der Waals surface area contributed by atoms with Crippen LogP contribution in [0.2, 0.25) is 0 Å². The van der Waals surface area contributed by atoms with Gasteiger partial charge in [0.2, 0.25) is 0 Å². The molecule has 0 aromatic heterocycles. The molecule has 0 aliphatic rings. The van der Waals surface area contributed by atoms with Gasteiger partial charge < -0.3 is 10.4 Å². The van der Waals surface area contributed by atoms with Crippen molar-refractivity contribution >= 4 is 55.4 Å². The molecule has 0 atom stereocenters. The van der Waals surface area contributed by atoms with Crippen molar-refractivity contribution in [3.8, 4) is 0 Å². The van der Waals surface area contributed by atoms with Crippen LogP contribution >= 0.6 is 24.8 Å². The van der Waals surface area contributed by atoms with Gasteiger partial charge in [0.25, 0.3) is 30.4 Å². The lowest BCUT2D eigenvalue weighted by Crippen LogP contribution is -1.89. The smallest absolute Gasteiger partial charge is 0.328 e. The first-order chi connectivity index (χ1) is 9.46. The molecule has 0 bridgehead atoms. The predicted octanol–water partition coefficient (Wildman–Crippen LogP) is -1.50. The molecule has 25 heavy (non-hydrogen) atoms. The number of halogens is 2. The lowest BCUT2D eigenvalue weighted by Gasteiger charge is -1.69. The van der Waals surface area contributed by atoms with Gasteiger partial charge in [0.05, 0.1) is 12.5 Å². The van der Waals surface area contributed by atoms with Gasteiger partial charge in [0.1, 0.15) is 0 Å². The highest BCUT2D eigenvalue weighted by atomic mass is 35.5. The molecule has 0 fully saturated rings. The molecule has 0 heterocycles. The zero-order valence-electron chi connectivity index (χ0n) is 11.7. The number of hydrogen-bond acceptors (Lipinski definition) is 10. The van der Waals surface area contributed by atoms with E-state index in [1.165, 1.54) is 0 Å². The van der Waals surface area contributed by atoms with Crippen molar-refractivity contribution < 1.29 is 64.1 Å². The van der Waals surface area contributed by atoms with Crippen LogP contribution in [0, 0.1) is 20.2 Å². The first kappa shape index (κ1) is 43.8. The Morgan fingerprint density at radius 3 is 0.640 bits per heavy atom. The lowest BCUT2D eigenvalue weighted by atomic mass is 12.0. The topological polar surface area (TPSA) is 310 Å². The van der Waals surface area contributed by atoms with Crippen LogP contribution < -0.4 is 0 Å². The Morgan fingerprint density at radius 2 is 0.640 bits per heavy atom. The zero-order valence-corrected chi connectivity index (χ0v) is 15.8. The highest BCUT2D eigenvalue weighted by Gasteiger charge is 1.84. The average Bonchev–Trinajstić information content (AvgIpc) is 1.85. The maximum atomic E-state index is 9.19. The predicted molar refractivity (Wildman–Crippen MR) is 81.2 cm³/mol. The molecule has 160 valence electrons. The van der Waals surface area contributed by atoms with Crippen molar-refractivity contribution in [3.05, 3.63) is 20.2 Å². The maximum Gasteiger partial charge on any atom is 0.394 e. The summed E-state index contributed by atoms with van der Waals surface area (Å²) in [5, 5.41) is 27.3. The third-order valence-electron chi connectivity index (χ3n) is 0. The van der Waals surface area contributed by atoms with Crippen LogP contribution in [0.1, 0.15) is 0 Å². The second-order valence-electron chi connectivity index (χ2n) is 2.39. The fourth-order valence-electron chi connectivity index (χ4n) is 0. The van der Waals surface area contributed by atoms with Crippen LogP contribution in [0.4, 0.5) is 0 Å². The van der Waals surface area contributed by atoms with Gasteiger partial charge in [0, 0.05) is 0 Å². The molecule has 0 aromatic rings. The quantitative estimate of drug-likeness (QED) is 0.128. The Balaban J connectivity index is -0.0000000319. The highest BCUT2D eigenvalue weighted by Crippen LogP contribution is 1.61. The maximum absolute atomic E-state index is 9.19. The number of hydrogen-bond donors (Lipinski definition) is 6. The minimum absolute atomic E-state index is 0. The third kappa shape index (κ3) is 5480. The van der Waals surface area contributed by atoms with Crippen molar-refractivity contribution in [2.45, 2.75) is 0 Å². The third-order valence-corrected chi connectivity index (χ3v) is 0. The summed E-state index contributed by atoms with van der Waals surface area (Å²) < 4.78 is 83.3. The van der Waals surface area contributed by atoms with Crippen LogP contribution in [-0.2, 0) is 30.6 Å². The molecule has 0 rings (SSSR count). The van der Waals surface area contributed by atoms with Crippen molar-refractivity contribution in [2.75, 3.05) is 12.5 Å². The summed E-state index contributed by atoms with van der Waals surface area (Å²) in [5.41, 5.74) is 0. The van der Waals surface area contributed by atoms with Gasteiger partial charge in [-0.15, -0.1) is 45.0 Å². The summed E-state index contributed by atoms with van der Waals surface area (Å²) in [4.78, 5) is 16.7. The van der Waals surface area contributed by atoms with E-state index in [0.29, 0.717) is 12.5 Å². The van der Waals surface area contributed by atoms with Gasteiger partial charge in [-0.3, -0.25) is 18.2 Å². The normalized spacial score (nSPS) is 8.88. The van der Waals surface area contributed by atoms with Crippen LogP contribution in [0.3, 0.4) is 0 Å². The monoisotopic (exact) mass is 488 g/mol. The molecule has 0 radical (unpaired) electrons. The standard InChI is InChI=1S/2CH4O3S.2ClH.2HNO3.H2O4S/c2*1-5(2,3)4;;;2*2-1(3)4;1-5(2,3)4/h2*1H3,(H,2,3,4);2*1H;2*(H,2,3,4);(H2,1,2,3,4). The summed E-state index contributed by atoms with van der Waals surface area (Å²) >= 11 is 0. The minimum Gasteiger partial charge on any atom is -0.328 e. The van der Waals surface area contributed by atoms with E-state index in [9.17, 15) is 16.8 Å². The van der Waals surface area contributed by atoms with Crippen LogP contribution in [-0.4, -0.2) is 76.6 Å². The summed E-state index contributed by atoms with van der Waals surface area (Å²) in [5.74, 6) is 0. The van der Waals surface area contributed by atoms with E-state index in [-0.39, 0.29) is 24.8 Å². The molecule has 0 aliphatic heterocycles. The minimum atomic E-state index is -4.67. The van der Waals surface area contributed by atoms with Crippen LogP contribution in [0.15, 0.2) is 0 Å². The van der Waals surface area contributed by atoms with E-state index in [2.05, 4.69) is 0 Å². The summed E-state index contributed by atoms with van der Waals surface area (Å²) in [6.07, 6.45) is 1.43. The first-order valence-electron chi connectivity index (χ1n) is 3.68. The Labute approximate surface area is 152 Å². The molecular formula is C2H14Cl2N2O16S3. The summed E-state index contributed by atoms with van der Waals surface area (Å²) in [6, 6.07) is 0. The van der Waals surface area contributed by atoms with Crippen LogP contribution in [0.25, 0.3) is 0 Å². The highest BCUT2D eigenvalue weighted by molar-refractivity contribution is 7.85. The van der Waals surface area contributed by atoms with Gasteiger partial charge in [0.15, 0.2) is 0 Å². The molecule has 0 amide bonds. The SMILES string of the molecule is CS(=O)(=O)O.CS(=O)(=O)O.Cl.Cl.O=S(=O)(O)O.O=[N+]([O-])O.O=[N+]([O-])O. The number of nitrogens with zero attached hydrogens (tertiary/aromatic N) is 2. The summed E-state index contributed by atoms with van der Waals surface area (Å²) in [6.45, 7) is 0. The molecule has 0 spiro atoms. The fourth-order valence-corrected chi connectivity index (χ4v) is 0. The van der Waals surface area contributed by atoms with Gasteiger partial charge in [-0.1, -0.05) is 0 Å². The molecule has 0 saturated heterocycles. The van der Waals surface area contributed by atoms with Gasteiger partial charge in [-0.25, -0.2) is 0 Å². The van der Waals surface area contributed by atoms with E-state index >= 15 is 0 Å². The second-order valence-corrected chi connectivity index (χ2v) is 6.22. The molecule has 0 aromatic carbocycles. The Bertz CT molecular complexity index is 505. The Kier molecular flexibility index (Phi) is 36.3. The molecule has 0 saturated carbocycles. The van der Waals surface area contributed by atoms with Gasteiger partial charge in [-0.2, -0.15) is 25.3 Å². The van der Waals surface area contributed by atoms with Gasteiger partial charge >= 0.3 is 10.4 Å².